The normalized spacial score (nSPS) is 31.6. The third-order valence-corrected chi connectivity index (χ3v) is 5.92. The molecular weight excluding hydrogens is 226 g/mol. The second kappa shape index (κ2) is 7.68. The maximum atomic E-state index is 3.73. The SMILES string of the molecule is CCCNC1CCCC(SC2CCCCC2)C1. The van der Waals surface area contributed by atoms with E-state index in [0.29, 0.717) is 0 Å². The maximum absolute atomic E-state index is 3.73. The van der Waals surface area contributed by atoms with Gasteiger partial charge in [0.2, 0.25) is 0 Å². The van der Waals surface area contributed by atoms with Gasteiger partial charge in [0.25, 0.3) is 0 Å². The molecule has 0 heterocycles. The summed E-state index contributed by atoms with van der Waals surface area (Å²) in [5.74, 6) is 0. The molecule has 2 rings (SSSR count). The molecule has 0 saturated heterocycles. The Morgan fingerprint density at radius 1 is 0.941 bits per heavy atom. The molecule has 1 N–H and O–H groups in total. The van der Waals surface area contributed by atoms with Crippen molar-refractivity contribution in [2.24, 2.45) is 0 Å². The highest BCUT2D eigenvalue weighted by atomic mass is 32.2. The lowest BCUT2D eigenvalue weighted by Gasteiger charge is -2.33. The van der Waals surface area contributed by atoms with Crippen LogP contribution in [0.4, 0.5) is 0 Å². The van der Waals surface area contributed by atoms with E-state index in [1.165, 1.54) is 70.8 Å². The first-order chi connectivity index (χ1) is 8.38. The van der Waals surface area contributed by atoms with Crippen LogP contribution in [-0.4, -0.2) is 23.1 Å². The van der Waals surface area contributed by atoms with E-state index >= 15 is 0 Å². The van der Waals surface area contributed by atoms with Crippen molar-refractivity contribution in [3.05, 3.63) is 0 Å². The zero-order valence-electron chi connectivity index (χ0n) is 11.4. The molecule has 1 nitrogen and oxygen atoms in total. The minimum absolute atomic E-state index is 0.824. The summed E-state index contributed by atoms with van der Waals surface area (Å²) >= 11 is 2.34. The van der Waals surface area contributed by atoms with Gasteiger partial charge < -0.3 is 5.32 Å². The first-order valence-corrected chi connectivity index (χ1v) is 8.71. The van der Waals surface area contributed by atoms with Gasteiger partial charge in [0.1, 0.15) is 0 Å². The summed E-state index contributed by atoms with van der Waals surface area (Å²) < 4.78 is 0. The topological polar surface area (TPSA) is 12.0 Å². The van der Waals surface area contributed by atoms with Crippen molar-refractivity contribution in [3.63, 3.8) is 0 Å². The maximum Gasteiger partial charge on any atom is 0.00776 e. The van der Waals surface area contributed by atoms with Crippen molar-refractivity contribution in [2.45, 2.75) is 87.7 Å². The predicted molar refractivity (Wildman–Crippen MR) is 78.8 cm³/mol. The highest BCUT2D eigenvalue weighted by molar-refractivity contribution is 8.00. The molecule has 2 saturated carbocycles. The lowest BCUT2D eigenvalue weighted by molar-refractivity contribution is 0.380. The number of rotatable bonds is 5. The molecule has 0 aromatic carbocycles. The first-order valence-electron chi connectivity index (χ1n) is 7.77. The van der Waals surface area contributed by atoms with Crippen LogP contribution in [0.25, 0.3) is 0 Å². The molecule has 0 amide bonds. The van der Waals surface area contributed by atoms with E-state index in [1.54, 1.807) is 0 Å². The molecule has 0 aromatic rings. The number of thioether (sulfide) groups is 1. The molecule has 0 aliphatic heterocycles. The molecule has 100 valence electrons. The van der Waals surface area contributed by atoms with Crippen LogP contribution in [0.5, 0.6) is 0 Å². The third kappa shape index (κ3) is 4.82. The lowest BCUT2D eigenvalue weighted by Crippen LogP contribution is -2.36. The fourth-order valence-electron chi connectivity index (χ4n) is 3.28. The van der Waals surface area contributed by atoms with Gasteiger partial charge in [0.15, 0.2) is 0 Å². The van der Waals surface area contributed by atoms with Crippen LogP contribution in [-0.2, 0) is 0 Å². The molecule has 2 unspecified atom stereocenters. The monoisotopic (exact) mass is 255 g/mol. The van der Waals surface area contributed by atoms with Crippen LogP contribution < -0.4 is 5.32 Å². The molecule has 0 aromatic heterocycles. The number of nitrogens with one attached hydrogen (secondary N) is 1. The van der Waals surface area contributed by atoms with Crippen molar-refractivity contribution in [2.75, 3.05) is 6.54 Å². The molecule has 2 fully saturated rings. The smallest absolute Gasteiger partial charge is 0.00776 e. The molecule has 2 aliphatic rings. The fourth-order valence-corrected chi connectivity index (χ4v) is 5.07. The molecule has 0 radical (unpaired) electrons. The van der Waals surface area contributed by atoms with E-state index in [0.717, 1.165) is 16.5 Å². The molecule has 2 heteroatoms. The Hall–Kier alpha value is 0.310. The minimum Gasteiger partial charge on any atom is -0.314 e. The predicted octanol–water partition coefficient (Wildman–Crippen LogP) is 4.36. The zero-order valence-corrected chi connectivity index (χ0v) is 12.2. The van der Waals surface area contributed by atoms with Gasteiger partial charge >= 0.3 is 0 Å². The molecule has 0 spiro atoms. The van der Waals surface area contributed by atoms with Gasteiger partial charge in [0, 0.05) is 16.5 Å². The Kier molecular flexibility index (Phi) is 6.21. The highest BCUT2D eigenvalue weighted by Crippen LogP contribution is 2.37. The summed E-state index contributed by atoms with van der Waals surface area (Å²) in [5, 5.41) is 5.68. The molecule has 2 atom stereocenters. The third-order valence-electron chi connectivity index (χ3n) is 4.25. The van der Waals surface area contributed by atoms with Crippen molar-refractivity contribution >= 4 is 11.8 Å². The van der Waals surface area contributed by atoms with E-state index in [9.17, 15) is 0 Å². The molecule has 2 aliphatic carbocycles. The second-order valence-electron chi connectivity index (χ2n) is 5.84. The number of hydrogen-bond donors (Lipinski definition) is 1. The molecule has 0 bridgehead atoms. The summed E-state index contributed by atoms with van der Waals surface area (Å²) in [6, 6.07) is 0.824. The quantitative estimate of drug-likeness (QED) is 0.783. The van der Waals surface area contributed by atoms with E-state index in [4.69, 9.17) is 0 Å². The summed E-state index contributed by atoms with van der Waals surface area (Å²) in [6.07, 6.45) is 14.5. The van der Waals surface area contributed by atoms with Crippen molar-refractivity contribution in [1.29, 1.82) is 0 Å². The molecule has 17 heavy (non-hydrogen) atoms. The van der Waals surface area contributed by atoms with Crippen LogP contribution in [0.15, 0.2) is 0 Å². The van der Waals surface area contributed by atoms with Crippen molar-refractivity contribution < 1.29 is 0 Å². The van der Waals surface area contributed by atoms with E-state index in [-0.39, 0.29) is 0 Å². The Balaban J connectivity index is 1.68. The van der Waals surface area contributed by atoms with Crippen molar-refractivity contribution in [1.82, 2.24) is 5.32 Å². The van der Waals surface area contributed by atoms with Crippen LogP contribution in [0.2, 0.25) is 0 Å². The van der Waals surface area contributed by atoms with Crippen LogP contribution >= 0.6 is 11.8 Å². The van der Waals surface area contributed by atoms with Gasteiger partial charge in [-0.25, -0.2) is 0 Å². The fraction of sp³-hybridized carbons (Fsp3) is 1.00. The van der Waals surface area contributed by atoms with Crippen LogP contribution in [0.3, 0.4) is 0 Å². The van der Waals surface area contributed by atoms with Crippen molar-refractivity contribution in [3.8, 4) is 0 Å². The van der Waals surface area contributed by atoms with Crippen LogP contribution in [0.1, 0.15) is 71.1 Å². The summed E-state index contributed by atoms with van der Waals surface area (Å²) in [4.78, 5) is 0. The zero-order chi connectivity index (χ0) is 11.9. The number of hydrogen-bond acceptors (Lipinski definition) is 2. The van der Waals surface area contributed by atoms with E-state index in [2.05, 4.69) is 24.0 Å². The van der Waals surface area contributed by atoms with Crippen LogP contribution in [0, 0.1) is 0 Å². The van der Waals surface area contributed by atoms with Gasteiger partial charge in [-0.05, 0) is 45.1 Å². The standard InChI is InChI=1S/C15H29NS/c1-2-11-16-13-7-6-10-15(12-13)17-14-8-4-3-5-9-14/h13-16H,2-12H2,1H3. The van der Waals surface area contributed by atoms with E-state index in [1.807, 2.05) is 0 Å². The summed E-state index contributed by atoms with van der Waals surface area (Å²) in [7, 11) is 0. The van der Waals surface area contributed by atoms with Gasteiger partial charge in [-0.3, -0.25) is 0 Å². The minimum atomic E-state index is 0.824. The Morgan fingerprint density at radius 2 is 1.71 bits per heavy atom. The average Bonchev–Trinajstić information content (AvgIpc) is 2.38. The summed E-state index contributed by atoms with van der Waals surface area (Å²) in [6.45, 7) is 3.48. The Bertz CT molecular complexity index is 201. The van der Waals surface area contributed by atoms with E-state index < -0.39 is 0 Å². The summed E-state index contributed by atoms with van der Waals surface area (Å²) in [5.41, 5.74) is 0. The van der Waals surface area contributed by atoms with Gasteiger partial charge in [0.05, 0.1) is 0 Å². The van der Waals surface area contributed by atoms with Gasteiger partial charge in [-0.15, -0.1) is 0 Å². The lowest BCUT2D eigenvalue weighted by atomic mass is 9.95. The van der Waals surface area contributed by atoms with Gasteiger partial charge in [-0.2, -0.15) is 11.8 Å². The average molecular weight is 255 g/mol. The largest absolute Gasteiger partial charge is 0.314 e. The second-order valence-corrected chi connectivity index (χ2v) is 7.44. The highest BCUT2D eigenvalue weighted by Gasteiger charge is 2.25. The van der Waals surface area contributed by atoms with Gasteiger partial charge in [-0.1, -0.05) is 32.6 Å². The first kappa shape index (κ1) is 13.7. The Labute approximate surface area is 112 Å². The molecular formula is C15H29NS. The Morgan fingerprint density at radius 3 is 2.47 bits per heavy atom.